The molecule has 0 unspecified atom stereocenters. The van der Waals surface area contributed by atoms with Crippen LogP contribution in [0, 0.1) is 5.41 Å². The number of nitrogens with one attached hydrogen (secondary N) is 1. The van der Waals surface area contributed by atoms with Crippen molar-refractivity contribution in [3.63, 3.8) is 0 Å². The van der Waals surface area contributed by atoms with E-state index in [4.69, 9.17) is 16.9 Å². The van der Waals surface area contributed by atoms with Crippen LogP contribution in [-0.4, -0.2) is 44.6 Å². The zero-order valence-electron chi connectivity index (χ0n) is 18.8. The summed E-state index contributed by atoms with van der Waals surface area (Å²) < 4.78 is 102. The molecule has 12 nitrogen and oxygen atoms in total. The maximum absolute atomic E-state index is 11.9. The summed E-state index contributed by atoms with van der Waals surface area (Å²) in [5, 5.41) is 7.97. The van der Waals surface area contributed by atoms with E-state index < -0.39 is 50.8 Å². The molecule has 0 amide bonds. The number of hydrogen-bond donors (Lipinski definition) is 5. The van der Waals surface area contributed by atoms with Crippen molar-refractivity contribution in [1.29, 1.82) is 5.41 Å². The van der Waals surface area contributed by atoms with Crippen LogP contribution >= 0.6 is 0 Å². The van der Waals surface area contributed by atoms with Crippen LogP contribution in [0.15, 0.2) is 74.4 Å². The molecule has 36 heavy (non-hydrogen) atoms. The van der Waals surface area contributed by atoms with Crippen molar-refractivity contribution in [2.45, 2.75) is 16.7 Å². The summed E-state index contributed by atoms with van der Waals surface area (Å²) in [6, 6.07) is 6.71. The van der Waals surface area contributed by atoms with Gasteiger partial charge in [-0.15, -0.1) is 0 Å². The molecule has 3 rings (SSSR count). The molecule has 0 fully saturated rings. The Balaban J connectivity index is 0.00000456. The van der Waals surface area contributed by atoms with E-state index in [0.29, 0.717) is 0 Å². The van der Waals surface area contributed by atoms with E-state index in [-0.39, 0.29) is 68.8 Å². The topological polar surface area (TPSA) is 242 Å². The van der Waals surface area contributed by atoms with Crippen LogP contribution in [0.3, 0.4) is 0 Å². The standard InChI is InChI=1S/C20H19N3O9S3.Na/c1-10-6-13(9-18(20(10)23)35(30,31)32)19(11-2-4-14(21)16(7-11)33(24,25)26)12-3-5-15(22)17(8-12)34(27,28)29;/h2-9,23H,21-22H2,1H3,(H,24,25,26)(H,27,28,29)(H,30,31,32);/q;+1/p-1. The number of nitrogen functional groups attached to an aromatic ring is 2. The smallest absolute Gasteiger partial charge is 0.744 e. The van der Waals surface area contributed by atoms with Gasteiger partial charge in [0, 0.05) is 5.69 Å². The fraction of sp³-hybridized carbons (Fsp3) is 0.0500. The van der Waals surface area contributed by atoms with Gasteiger partial charge >= 0.3 is 29.6 Å². The van der Waals surface area contributed by atoms with Crippen LogP contribution < -0.4 is 41.0 Å². The Labute approximate surface area is 229 Å². The van der Waals surface area contributed by atoms with E-state index in [1.807, 2.05) is 0 Å². The molecule has 186 valence electrons. The van der Waals surface area contributed by atoms with Gasteiger partial charge in [-0.1, -0.05) is 12.1 Å². The first-order valence-electron chi connectivity index (χ1n) is 9.35. The number of rotatable bonds is 5. The van der Waals surface area contributed by atoms with Crippen LogP contribution in [0.2, 0.25) is 0 Å². The fourth-order valence-electron chi connectivity index (χ4n) is 3.42. The Hall–Kier alpha value is -2.34. The summed E-state index contributed by atoms with van der Waals surface area (Å²) in [4.78, 5) is -2.26. The number of benzene rings is 2. The van der Waals surface area contributed by atoms with Gasteiger partial charge in [0.1, 0.15) is 19.9 Å². The molecule has 0 bridgehead atoms. The molecule has 0 atom stereocenters. The number of allylic oxidation sites excluding steroid dienone is 5. The number of anilines is 2. The van der Waals surface area contributed by atoms with Gasteiger partial charge in [-0.3, -0.25) is 14.5 Å². The molecule has 0 radical (unpaired) electrons. The van der Waals surface area contributed by atoms with Crippen LogP contribution in [0.4, 0.5) is 11.4 Å². The molecular weight excluding hydrogens is 545 g/mol. The molecule has 1 aliphatic rings. The van der Waals surface area contributed by atoms with E-state index in [1.165, 1.54) is 25.1 Å². The van der Waals surface area contributed by atoms with E-state index in [2.05, 4.69) is 0 Å². The van der Waals surface area contributed by atoms with Crippen molar-refractivity contribution in [1.82, 2.24) is 0 Å². The minimum Gasteiger partial charge on any atom is -0.744 e. The van der Waals surface area contributed by atoms with Crippen LogP contribution in [0.1, 0.15) is 18.1 Å². The summed E-state index contributed by atoms with van der Waals surface area (Å²) in [5.41, 5.74) is 10.1. The van der Waals surface area contributed by atoms with Gasteiger partial charge in [-0.2, -0.15) is 16.8 Å². The van der Waals surface area contributed by atoms with Crippen molar-refractivity contribution in [3.05, 3.63) is 75.7 Å². The van der Waals surface area contributed by atoms with E-state index >= 15 is 0 Å². The second-order valence-corrected chi connectivity index (χ2v) is 11.6. The molecule has 1 aliphatic carbocycles. The van der Waals surface area contributed by atoms with Crippen molar-refractivity contribution in [2.75, 3.05) is 11.5 Å². The predicted octanol–water partition coefficient (Wildman–Crippen LogP) is -1.44. The van der Waals surface area contributed by atoms with Gasteiger partial charge in [0.25, 0.3) is 20.2 Å². The Morgan fingerprint density at radius 3 is 1.75 bits per heavy atom. The van der Waals surface area contributed by atoms with Gasteiger partial charge in [-0.25, -0.2) is 8.42 Å². The van der Waals surface area contributed by atoms with Crippen molar-refractivity contribution < 1.29 is 68.5 Å². The van der Waals surface area contributed by atoms with Crippen LogP contribution in [0.25, 0.3) is 5.57 Å². The van der Waals surface area contributed by atoms with Crippen LogP contribution in [0.5, 0.6) is 0 Å². The SMILES string of the molecule is CC1=C/C(=C(/c2ccc(N)c(S(=O)(=O)[O-])c2)c2ccc(N)c(S(=O)(=O)O)c2)C=C(S(=O)(=O)O)C1=N.[Na+]. The first-order chi connectivity index (χ1) is 15.9. The van der Waals surface area contributed by atoms with Crippen molar-refractivity contribution in [3.8, 4) is 0 Å². The molecule has 2 aromatic rings. The molecule has 16 heteroatoms. The van der Waals surface area contributed by atoms with Gasteiger partial charge in [0.05, 0.1) is 16.3 Å². The van der Waals surface area contributed by atoms with Gasteiger partial charge in [0.15, 0.2) is 0 Å². The number of nitrogens with two attached hydrogens (primary N) is 2. The average Bonchev–Trinajstić information content (AvgIpc) is 2.70. The normalized spacial score (nSPS) is 16.1. The largest absolute Gasteiger partial charge is 1.00 e. The molecule has 0 heterocycles. The molecule has 0 aromatic heterocycles. The maximum Gasteiger partial charge on any atom is 1.00 e. The monoisotopic (exact) mass is 563 g/mol. The van der Waals surface area contributed by atoms with Crippen LogP contribution in [-0.2, 0) is 30.4 Å². The predicted molar refractivity (Wildman–Crippen MR) is 127 cm³/mol. The summed E-state index contributed by atoms with van der Waals surface area (Å²) in [6.45, 7) is 1.38. The average molecular weight is 564 g/mol. The molecule has 0 saturated carbocycles. The Morgan fingerprint density at radius 2 is 1.31 bits per heavy atom. The van der Waals surface area contributed by atoms with Crippen molar-refractivity contribution in [2.24, 2.45) is 0 Å². The van der Waals surface area contributed by atoms with Gasteiger partial charge in [0.2, 0.25) is 0 Å². The van der Waals surface area contributed by atoms with E-state index in [0.717, 1.165) is 30.3 Å². The molecular formula is C20H18N3NaO9S3. The second kappa shape index (κ2) is 10.2. The van der Waals surface area contributed by atoms with E-state index in [9.17, 15) is 38.9 Å². The number of hydrogen-bond acceptors (Lipinski definition) is 10. The summed E-state index contributed by atoms with van der Waals surface area (Å²) >= 11 is 0. The first-order valence-corrected chi connectivity index (χ1v) is 13.6. The summed E-state index contributed by atoms with van der Waals surface area (Å²) in [6.07, 6.45) is 2.25. The second-order valence-electron chi connectivity index (χ2n) is 7.45. The van der Waals surface area contributed by atoms with Gasteiger partial charge < -0.3 is 16.0 Å². The maximum atomic E-state index is 11.9. The van der Waals surface area contributed by atoms with Gasteiger partial charge in [-0.05, 0) is 71.2 Å². The summed E-state index contributed by atoms with van der Waals surface area (Å²) in [7, 11) is -14.7. The molecule has 0 spiro atoms. The molecule has 0 aliphatic heterocycles. The third kappa shape index (κ3) is 6.13. The molecule has 2 aromatic carbocycles. The quantitative estimate of drug-likeness (QED) is 0.160. The zero-order chi connectivity index (χ0) is 26.5. The first kappa shape index (κ1) is 29.9. The third-order valence-corrected chi connectivity index (χ3v) is 7.70. The Kier molecular flexibility index (Phi) is 8.47. The molecule has 7 N–H and O–H groups in total. The van der Waals surface area contributed by atoms with E-state index in [1.54, 1.807) is 0 Å². The minimum absolute atomic E-state index is 0. The molecule has 0 saturated heterocycles. The Morgan fingerprint density at radius 1 is 0.833 bits per heavy atom. The fourth-order valence-corrected chi connectivity index (χ4v) is 5.39. The Bertz CT molecular complexity index is 1620. The minimum atomic E-state index is -5.05. The van der Waals surface area contributed by atoms with Crippen molar-refractivity contribution >= 4 is 53.0 Å². The summed E-state index contributed by atoms with van der Waals surface area (Å²) in [5.74, 6) is 0. The zero-order valence-corrected chi connectivity index (χ0v) is 23.2. The third-order valence-electron chi connectivity index (χ3n) is 5.02.